The van der Waals surface area contributed by atoms with E-state index in [1.165, 1.54) is 12.1 Å². The molecule has 1 heterocycles. The number of benzene rings is 1. The summed E-state index contributed by atoms with van der Waals surface area (Å²) in [5, 5.41) is 0. The number of hydrogen-bond donors (Lipinski definition) is 0. The van der Waals surface area contributed by atoms with Crippen LogP contribution in [0.2, 0.25) is 0 Å². The molecular weight excluding hydrogens is 249 g/mol. The van der Waals surface area contributed by atoms with Gasteiger partial charge in [-0.1, -0.05) is 12.1 Å². The van der Waals surface area contributed by atoms with Crippen molar-refractivity contribution >= 4 is 15.9 Å². The zero-order valence-electron chi connectivity index (χ0n) is 7.42. The molecule has 0 bridgehead atoms. The lowest BCUT2D eigenvalue weighted by Gasteiger charge is -1.96. The van der Waals surface area contributed by atoms with E-state index in [1.807, 2.05) is 0 Å². The molecule has 0 saturated heterocycles. The number of aromatic nitrogens is 1. The van der Waals surface area contributed by atoms with E-state index in [-0.39, 0.29) is 5.82 Å². The summed E-state index contributed by atoms with van der Waals surface area (Å²) in [6, 6.07) is 6.26. The van der Waals surface area contributed by atoms with Gasteiger partial charge in [-0.15, -0.1) is 0 Å². The van der Waals surface area contributed by atoms with E-state index in [2.05, 4.69) is 20.9 Å². The molecule has 2 rings (SSSR count). The summed E-state index contributed by atoms with van der Waals surface area (Å²) < 4.78 is 18.1. The van der Waals surface area contributed by atoms with Crippen molar-refractivity contribution in [3.8, 4) is 11.3 Å². The molecule has 0 N–H and O–H groups in total. The second kappa shape index (κ2) is 3.53. The van der Waals surface area contributed by atoms with Gasteiger partial charge in [0.15, 0.2) is 0 Å². The second-order valence-electron chi connectivity index (χ2n) is 2.88. The van der Waals surface area contributed by atoms with Crippen LogP contribution in [-0.2, 0) is 0 Å². The number of halogens is 2. The zero-order valence-corrected chi connectivity index (χ0v) is 9.01. The molecule has 0 spiro atoms. The summed E-state index contributed by atoms with van der Waals surface area (Å²) in [4.78, 5) is 4.52. The van der Waals surface area contributed by atoms with Crippen LogP contribution in [0.4, 0.5) is 4.39 Å². The minimum atomic E-state index is -0.277. The summed E-state index contributed by atoms with van der Waals surface area (Å²) >= 11 is 3.13. The minimum Gasteiger partial charge on any atom is -0.436 e. The van der Waals surface area contributed by atoms with Crippen LogP contribution in [0.15, 0.2) is 33.5 Å². The lowest BCUT2D eigenvalue weighted by Crippen LogP contribution is -1.81. The zero-order chi connectivity index (χ0) is 10.1. The number of rotatable bonds is 1. The maximum atomic E-state index is 12.9. The molecule has 0 atom stereocenters. The van der Waals surface area contributed by atoms with Crippen molar-refractivity contribution in [3.63, 3.8) is 0 Å². The van der Waals surface area contributed by atoms with Gasteiger partial charge in [0.05, 0.1) is 0 Å². The summed E-state index contributed by atoms with van der Waals surface area (Å²) in [5.41, 5.74) is 1.38. The lowest BCUT2D eigenvalue weighted by atomic mass is 10.1. The summed E-state index contributed by atoms with van der Waals surface area (Å²) in [6.45, 7) is 1.79. The second-order valence-corrected chi connectivity index (χ2v) is 3.56. The summed E-state index contributed by atoms with van der Waals surface area (Å²) in [6.07, 6.45) is 0. The number of oxazole rings is 1. The van der Waals surface area contributed by atoms with E-state index >= 15 is 0 Å². The number of hydrogen-bond acceptors (Lipinski definition) is 2. The molecule has 0 unspecified atom stereocenters. The molecule has 1 aromatic carbocycles. The molecule has 0 amide bonds. The molecule has 2 nitrogen and oxygen atoms in total. The Morgan fingerprint density at radius 2 is 2.21 bits per heavy atom. The first-order valence-electron chi connectivity index (χ1n) is 4.05. The van der Waals surface area contributed by atoms with Gasteiger partial charge in [-0.3, -0.25) is 0 Å². The van der Waals surface area contributed by atoms with E-state index in [1.54, 1.807) is 19.1 Å². The van der Waals surface area contributed by atoms with Gasteiger partial charge in [-0.05, 0) is 19.1 Å². The van der Waals surface area contributed by atoms with Crippen molar-refractivity contribution in [3.05, 3.63) is 40.6 Å². The average molecular weight is 256 g/mol. The van der Waals surface area contributed by atoms with Gasteiger partial charge in [0.1, 0.15) is 17.3 Å². The fourth-order valence-electron chi connectivity index (χ4n) is 1.27. The molecule has 4 heteroatoms. The van der Waals surface area contributed by atoms with Crippen LogP contribution in [0.1, 0.15) is 5.76 Å². The topological polar surface area (TPSA) is 26.0 Å². The third-order valence-corrected chi connectivity index (χ3v) is 2.21. The predicted octanol–water partition coefficient (Wildman–Crippen LogP) is 3.55. The average Bonchev–Trinajstić information content (AvgIpc) is 2.45. The Hall–Kier alpha value is -1.16. The van der Waals surface area contributed by atoms with Crippen molar-refractivity contribution in [2.24, 2.45) is 0 Å². The summed E-state index contributed by atoms with van der Waals surface area (Å²) in [7, 11) is 0. The highest BCUT2D eigenvalue weighted by Gasteiger charge is 2.09. The maximum absolute atomic E-state index is 12.9. The lowest BCUT2D eigenvalue weighted by molar-refractivity contribution is 0.501. The first kappa shape index (κ1) is 9.40. The van der Waals surface area contributed by atoms with Crippen LogP contribution >= 0.6 is 15.9 Å². The van der Waals surface area contributed by atoms with Gasteiger partial charge < -0.3 is 4.42 Å². The Labute approximate surface area is 88.9 Å². The van der Waals surface area contributed by atoms with Crippen LogP contribution < -0.4 is 0 Å². The summed E-state index contributed by atoms with van der Waals surface area (Å²) in [5.74, 6) is 0.392. The Morgan fingerprint density at radius 1 is 1.43 bits per heavy atom. The molecule has 0 aliphatic heterocycles. The van der Waals surface area contributed by atoms with Crippen LogP contribution in [0.25, 0.3) is 11.3 Å². The quantitative estimate of drug-likeness (QED) is 0.779. The first-order valence-corrected chi connectivity index (χ1v) is 4.85. The SMILES string of the molecule is Cc1oc(Br)nc1-c1cccc(F)c1. The van der Waals surface area contributed by atoms with E-state index < -0.39 is 0 Å². The maximum Gasteiger partial charge on any atom is 0.264 e. The number of aryl methyl sites for hydroxylation is 1. The minimum absolute atomic E-state index is 0.277. The van der Waals surface area contributed by atoms with Gasteiger partial charge in [-0.2, -0.15) is 0 Å². The van der Waals surface area contributed by atoms with Crippen LogP contribution in [0.3, 0.4) is 0 Å². The van der Waals surface area contributed by atoms with Crippen molar-refractivity contribution in [2.75, 3.05) is 0 Å². The van der Waals surface area contributed by atoms with E-state index in [4.69, 9.17) is 4.42 Å². The molecule has 72 valence electrons. The van der Waals surface area contributed by atoms with E-state index in [9.17, 15) is 4.39 Å². The third-order valence-electron chi connectivity index (χ3n) is 1.87. The highest BCUT2D eigenvalue weighted by Crippen LogP contribution is 2.25. The molecule has 0 aliphatic rings. The molecular formula is C10H7BrFNO. The van der Waals surface area contributed by atoms with Gasteiger partial charge in [0.2, 0.25) is 0 Å². The smallest absolute Gasteiger partial charge is 0.264 e. The predicted molar refractivity (Wildman–Crippen MR) is 54.3 cm³/mol. The van der Waals surface area contributed by atoms with Crippen molar-refractivity contribution in [2.45, 2.75) is 6.92 Å². The van der Waals surface area contributed by atoms with Crippen LogP contribution in [0.5, 0.6) is 0 Å². The molecule has 0 saturated carbocycles. The Kier molecular flexibility index (Phi) is 2.37. The Morgan fingerprint density at radius 3 is 2.79 bits per heavy atom. The van der Waals surface area contributed by atoms with Crippen molar-refractivity contribution in [1.82, 2.24) is 4.98 Å². The fraction of sp³-hybridized carbons (Fsp3) is 0.100. The van der Waals surface area contributed by atoms with Gasteiger partial charge >= 0.3 is 0 Å². The highest BCUT2D eigenvalue weighted by atomic mass is 79.9. The fourth-order valence-corrected chi connectivity index (χ4v) is 1.69. The van der Waals surface area contributed by atoms with Crippen LogP contribution in [0, 0.1) is 12.7 Å². The van der Waals surface area contributed by atoms with Gasteiger partial charge in [0.25, 0.3) is 4.80 Å². The first-order chi connectivity index (χ1) is 6.66. The molecule has 1 aromatic heterocycles. The van der Waals surface area contributed by atoms with E-state index in [0.717, 1.165) is 5.56 Å². The molecule has 14 heavy (non-hydrogen) atoms. The standard InChI is InChI=1S/C10H7BrFNO/c1-6-9(13-10(11)14-6)7-3-2-4-8(12)5-7/h2-5H,1H3. The Bertz CT molecular complexity index is 467. The normalized spacial score (nSPS) is 10.5. The van der Waals surface area contributed by atoms with E-state index in [0.29, 0.717) is 16.3 Å². The molecule has 0 fully saturated rings. The number of nitrogens with zero attached hydrogens (tertiary/aromatic N) is 1. The van der Waals surface area contributed by atoms with Gasteiger partial charge in [-0.25, -0.2) is 9.37 Å². The highest BCUT2D eigenvalue weighted by molar-refractivity contribution is 9.10. The van der Waals surface area contributed by atoms with Crippen molar-refractivity contribution in [1.29, 1.82) is 0 Å². The molecule has 2 aromatic rings. The molecule has 0 radical (unpaired) electrons. The van der Waals surface area contributed by atoms with Crippen molar-refractivity contribution < 1.29 is 8.81 Å². The Balaban J connectivity index is 2.54. The monoisotopic (exact) mass is 255 g/mol. The van der Waals surface area contributed by atoms with Crippen LogP contribution in [-0.4, -0.2) is 4.98 Å². The third kappa shape index (κ3) is 1.70. The van der Waals surface area contributed by atoms with Gasteiger partial charge in [0, 0.05) is 21.5 Å². The molecule has 0 aliphatic carbocycles. The largest absolute Gasteiger partial charge is 0.436 e.